The largest absolute Gasteiger partial charge is 0.496 e. The molecule has 0 atom stereocenters. The van der Waals surface area contributed by atoms with E-state index in [2.05, 4.69) is 0 Å². The molecule has 0 N–H and O–H groups in total. The molecule has 2 aromatic rings. The molecule has 19 heavy (non-hydrogen) atoms. The van der Waals surface area contributed by atoms with E-state index in [-0.39, 0.29) is 11.3 Å². The molecule has 0 amide bonds. The fourth-order valence-corrected chi connectivity index (χ4v) is 2.28. The van der Waals surface area contributed by atoms with Crippen LogP contribution >= 0.6 is 23.2 Å². The Balaban J connectivity index is 2.71. The number of hydrogen-bond donors (Lipinski definition) is 0. The lowest BCUT2D eigenvalue weighted by molar-refractivity contribution is 0.148. The Morgan fingerprint density at radius 1 is 1.05 bits per heavy atom. The van der Waals surface area contributed by atoms with E-state index in [0.717, 1.165) is 0 Å². The topological polar surface area (TPSA) is 9.23 Å². The molecule has 0 aliphatic rings. The van der Waals surface area contributed by atoms with Crippen LogP contribution in [0.5, 0.6) is 5.75 Å². The van der Waals surface area contributed by atoms with Gasteiger partial charge >= 0.3 is 0 Å². The van der Waals surface area contributed by atoms with E-state index in [9.17, 15) is 8.78 Å². The highest BCUT2D eigenvalue weighted by Gasteiger charge is 2.20. The smallest absolute Gasteiger partial charge is 0.268 e. The van der Waals surface area contributed by atoms with Gasteiger partial charge in [0.2, 0.25) is 0 Å². The molecule has 2 rings (SSSR count). The van der Waals surface area contributed by atoms with E-state index in [1.54, 1.807) is 30.3 Å². The molecule has 0 aromatic heterocycles. The van der Waals surface area contributed by atoms with Crippen LogP contribution in [0.1, 0.15) is 12.0 Å². The summed E-state index contributed by atoms with van der Waals surface area (Å²) in [6.07, 6.45) is -2.67. The summed E-state index contributed by atoms with van der Waals surface area (Å²) in [5.74, 6) is 0.128. The third-order valence-corrected chi connectivity index (χ3v) is 3.29. The van der Waals surface area contributed by atoms with Gasteiger partial charge in [0.15, 0.2) is 0 Å². The summed E-state index contributed by atoms with van der Waals surface area (Å²) in [5, 5.41) is 0.794. The zero-order chi connectivity index (χ0) is 14.0. The predicted octanol–water partition coefficient (Wildman–Crippen LogP) is 5.61. The molecule has 5 heteroatoms. The summed E-state index contributed by atoms with van der Waals surface area (Å²) in [7, 11) is 1.35. The van der Waals surface area contributed by atoms with Gasteiger partial charge in [-0.1, -0.05) is 35.3 Å². The molecule has 0 saturated heterocycles. The monoisotopic (exact) mass is 302 g/mol. The lowest BCUT2D eigenvalue weighted by atomic mass is 9.99. The summed E-state index contributed by atoms with van der Waals surface area (Å²) < 4.78 is 31.5. The Morgan fingerprint density at radius 3 is 2.42 bits per heavy atom. The second-order valence-electron chi connectivity index (χ2n) is 3.85. The van der Waals surface area contributed by atoms with Crippen molar-refractivity contribution in [2.45, 2.75) is 6.43 Å². The van der Waals surface area contributed by atoms with Crippen LogP contribution < -0.4 is 4.74 Å². The number of rotatable bonds is 3. The molecule has 0 spiro atoms. The first-order chi connectivity index (χ1) is 9.04. The first kappa shape index (κ1) is 14.1. The molecule has 0 bridgehead atoms. The van der Waals surface area contributed by atoms with Gasteiger partial charge in [-0.05, 0) is 29.8 Å². The maximum Gasteiger partial charge on any atom is 0.268 e. The maximum absolute atomic E-state index is 13.2. The number of methoxy groups -OCH3 is 1. The minimum atomic E-state index is -2.67. The average Bonchev–Trinajstić information content (AvgIpc) is 2.40. The predicted molar refractivity (Wildman–Crippen MR) is 73.4 cm³/mol. The van der Waals surface area contributed by atoms with Gasteiger partial charge in [0.1, 0.15) is 5.75 Å². The fourth-order valence-electron chi connectivity index (χ4n) is 1.89. The van der Waals surface area contributed by atoms with Crippen molar-refractivity contribution in [1.29, 1.82) is 0 Å². The van der Waals surface area contributed by atoms with Crippen LogP contribution in [-0.2, 0) is 0 Å². The number of ether oxygens (including phenoxy) is 1. The normalized spacial score (nSPS) is 10.8. The average molecular weight is 303 g/mol. The van der Waals surface area contributed by atoms with Crippen LogP contribution in [0.4, 0.5) is 8.78 Å². The molecular formula is C14H10Cl2F2O. The van der Waals surface area contributed by atoms with Crippen molar-refractivity contribution in [3.63, 3.8) is 0 Å². The summed E-state index contributed by atoms with van der Waals surface area (Å²) in [6, 6.07) is 9.44. The van der Waals surface area contributed by atoms with Crippen molar-refractivity contribution in [1.82, 2.24) is 0 Å². The van der Waals surface area contributed by atoms with Crippen LogP contribution in [0.15, 0.2) is 36.4 Å². The lowest BCUT2D eigenvalue weighted by Crippen LogP contribution is -1.96. The molecule has 0 unspecified atom stereocenters. The molecule has 0 aliphatic carbocycles. The summed E-state index contributed by atoms with van der Waals surface area (Å²) in [6.45, 7) is 0. The molecule has 0 heterocycles. The highest BCUT2D eigenvalue weighted by atomic mass is 35.5. The molecule has 0 aliphatic heterocycles. The SMILES string of the molecule is COc1cccc(-c2cc(Cl)ccc2Cl)c1C(F)F. The quantitative estimate of drug-likeness (QED) is 0.716. The number of halogens is 4. The molecule has 0 radical (unpaired) electrons. The zero-order valence-electron chi connectivity index (χ0n) is 9.96. The third-order valence-electron chi connectivity index (χ3n) is 2.72. The van der Waals surface area contributed by atoms with Gasteiger partial charge in [0.25, 0.3) is 6.43 Å². The van der Waals surface area contributed by atoms with E-state index in [0.29, 0.717) is 21.2 Å². The van der Waals surface area contributed by atoms with E-state index in [1.807, 2.05) is 0 Å². The van der Waals surface area contributed by atoms with Crippen LogP contribution in [0.25, 0.3) is 11.1 Å². The van der Waals surface area contributed by atoms with Crippen molar-refractivity contribution < 1.29 is 13.5 Å². The fraction of sp³-hybridized carbons (Fsp3) is 0.143. The van der Waals surface area contributed by atoms with Gasteiger partial charge in [-0.25, -0.2) is 8.78 Å². The standard InChI is InChI=1S/C14H10Cl2F2O/c1-19-12-4-2-3-9(13(12)14(17)18)10-7-8(15)5-6-11(10)16/h2-7,14H,1H3. The Labute approximate surface area is 119 Å². The molecule has 100 valence electrons. The van der Waals surface area contributed by atoms with Gasteiger partial charge in [0.05, 0.1) is 12.7 Å². The maximum atomic E-state index is 13.2. The van der Waals surface area contributed by atoms with E-state index < -0.39 is 6.43 Å². The van der Waals surface area contributed by atoms with Crippen LogP contribution in [0, 0.1) is 0 Å². The Morgan fingerprint density at radius 2 is 1.79 bits per heavy atom. The van der Waals surface area contributed by atoms with Crippen molar-refractivity contribution in [3.05, 3.63) is 52.0 Å². The lowest BCUT2D eigenvalue weighted by Gasteiger charge is -2.14. The zero-order valence-corrected chi connectivity index (χ0v) is 11.5. The van der Waals surface area contributed by atoms with Gasteiger partial charge in [0, 0.05) is 15.6 Å². The number of benzene rings is 2. The minimum absolute atomic E-state index is 0.128. The van der Waals surface area contributed by atoms with E-state index >= 15 is 0 Å². The summed E-state index contributed by atoms with van der Waals surface area (Å²) in [5.41, 5.74) is 0.597. The van der Waals surface area contributed by atoms with Crippen LogP contribution in [0.3, 0.4) is 0 Å². The second-order valence-corrected chi connectivity index (χ2v) is 4.69. The van der Waals surface area contributed by atoms with Gasteiger partial charge < -0.3 is 4.74 Å². The Bertz CT molecular complexity index is 600. The van der Waals surface area contributed by atoms with Crippen LogP contribution in [-0.4, -0.2) is 7.11 Å². The highest BCUT2D eigenvalue weighted by molar-refractivity contribution is 6.35. The molecule has 2 aromatic carbocycles. The second kappa shape index (κ2) is 5.76. The van der Waals surface area contributed by atoms with Gasteiger partial charge in [-0.2, -0.15) is 0 Å². The number of hydrogen-bond acceptors (Lipinski definition) is 1. The van der Waals surface area contributed by atoms with Gasteiger partial charge in [-0.3, -0.25) is 0 Å². The third kappa shape index (κ3) is 2.82. The molecular weight excluding hydrogens is 293 g/mol. The molecule has 1 nitrogen and oxygen atoms in total. The Kier molecular flexibility index (Phi) is 4.27. The van der Waals surface area contributed by atoms with Crippen molar-refractivity contribution in [2.75, 3.05) is 7.11 Å². The molecule has 0 fully saturated rings. The minimum Gasteiger partial charge on any atom is -0.496 e. The molecule has 0 saturated carbocycles. The van der Waals surface area contributed by atoms with Crippen molar-refractivity contribution in [3.8, 4) is 16.9 Å². The van der Waals surface area contributed by atoms with Gasteiger partial charge in [-0.15, -0.1) is 0 Å². The van der Waals surface area contributed by atoms with Crippen molar-refractivity contribution in [2.24, 2.45) is 0 Å². The summed E-state index contributed by atoms with van der Waals surface area (Å²) >= 11 is 12.0. The van der Waals surface area contributed by atoms with Crippen molar-refractivity contribution >= 4 is 23.2 Å². The first-order valence-corrected chi connectivity index (χ1v) is 6.20. The van der Waals surface area contributed by atoms with E-state index in [1.165, 1.54) is 13.2 Å². The first-order valence-electron chi connectivity index (χ1n) is 5.45. The highest BCUT2D eigenvalue weighted by Crippen LogP contribution is 2.40. The van der Waals surface area contributed by atoms with E-state index in [4.69, 9.17) is 27.9 Å². The number of alkyl halides is 2. The Hall–Kier alpha value is -1.32. The summed E-state index contributed by atoms with van der Waals surface area (Å²) in [4.78, 5) is 0. The van der Waals surface area contributed by atoms with Crippen LogP contribution in [0.2, 0.25) is 10.0 Å².